The molecule has 2 rings (SSSR count). The Morgan fingerprint density at radius 2 is 1.96 bits per heavy atom. The molecule has 0 heterocycles. The van der Waals surface area contributed by atoms with Gasteiger partial charge in [0.15, 0.2) is 6.61 Å². The van der Waals surface area contributed by atoms with Gasteiger partial charge in [0.25, 0.3) is 0 Å². The molecule has 122 valence electrons. The van der Waals surface area contributed by atoms with E-state index >= 15 is 0 Å². The Morgan fingerprint density at radius 1 is 1.25 bits per heavy atom. The van der Waals surface area contributed by atoms with E-state index in [1.807, 2.05) is 6.07 Å². The third-order valence-corrected chi connectivity index (χ3v) is 3.34. The third-order valence-electron chi connectivity index (χ3n) is 3.34. The summed E-state index contributed by atoms with van der Waals surface area (Å²) in [6.45, 7) is 0.200. The second-order valence-corrected chi connectivity index (χ2v) is 5.13. The molecule has 0 unspecified atom stereocenters. The molecule has 24 heavy (non-hydrogen) atoms. The number of ether oxygens (including phenoxy) is 1. The Balaban J connectivity index is 1.94. The first-order valence-electron chi connectivity index (χ1n) is 7.36. The molecule has 0 saturated carbocycles. The Kier molecular flexibility index (Phi) is 6.09. The van der Waals surface area contributed by atoms with Crippen LogP contribution in [0.15, 0.2) is 54.6 Å². The number of amides is 1. The predicted molar refractivity (Wildman–Crippen MR) is 89.5 cm³/mol. The van der Waals surface area contributed by atoms with Gasteiger partial charge in [-0.05, 0) is 29.8 Å². The molecule has 1 amide bonds. The number of halogens is 1. The van der Waals surface area contributed by atoms with E-state index in [4.69, 9.17) is 10.00 Å². The van der Waals surface area contributed by atoms with Crippen molar-refractivity contribution in [2.75, 3.05) is 13.7 Å². The van der Waals surface area contributed by atoms with Gasteiger partial charge in [-0.2, -0.15) is 5.26 Å². The molecule has 0 aliphatic rings. The summed E-state index contributed by atoms with van der Waals surface area (Å²) in [6, 6.07) is 15.3. The van der Waals surface area contributed by atoms with Gasteiger partial charge in [-0.25, -0.2) is 4.39 Å². The molecule has 0 bridgehead atoms. The summed E-state index contributed by atoms with van der Waals surface area (Å²) in [5, 5.41) is 8.45. The zero-order valence-corrected chi connectivity index (χ0v) is 13.3. The number of rotatable bonds is 6. The van der Waals surface area contributed by atoms with Crippen molar-refractivity contribution >= 4 is 12.0 Å². The second-order valence-electron chi connectivity index (χ2n) is 5.13. The standard InChI is InChI=1S/C19H17FN2O2/c1-22(14-16-4-2-3-5-18(16)20)19(23)11-8-15-6-9-17(10-7-15)24-13-12-21/h2-11H,13-14H2,1H3/b11-8+. The molecule has 4 nitrogen and oxygen atoms in total. The molecular weight excluding hydrogens is 307 g/mol. The molecule has 5 heteroatoms. The van der Waals surface area contributed by atoms with E-state index < -0.39 is 0 Å². The molecule has 0 aliphatic heterocycles. The van der Waals surface area contributed by atoms with E-state index in [1.54, 1.807) is 55.6 Å². The molecule has 0 fully saturated rings. The highest BCUT2D eigenvalue weighted by molar-refractivity contribution is 5.91. The van der Waals surface area contributed by atoms with Crippen LogP contribution in [0.1, 0.15) is 11.1 Å². The Morgan fingerprint density at radius 3 is 2.62 bits per heavy atom. The van der Waals surface area contributed by atoms with E-state index in [2.05, 4.69) is 0 Å². The van der Waals surface area contributed by atoms with Gasteiger partial charge in [-0.15, -0.1) is 0 Å². The molecule has 0 spiro atoms. The molecule has 0 aromatic heterocycles. The van der Waals surface area contributed by atoms with Crippen LogP contribution in [0.3, 0.4) is 0 Å². The van der Waals surface area contributed by atoms with E-state index in [1.165, 1.54) is 17.0 Å². The maximum atomic E-state index is 13.6. The lowest BCUT2D eigenvalue weighted by Crippen LogP contribution is -2.24. The van der Waals surface area contributed by atoms with E-state index in [0.29, 0.717) is 11.3 Å². The maximum absolute atomic E-state index is 13.6. The number of hydrogen-bond acceptors (Lipinski definition) is 3. The highest BCUT2D eigenvalue weighted by atomic mass is 19.1. The first-order chi connectivity index (χ1) is 11.6. The molecule has 0 aliphatic carbocycles. The number of carbonyl (C=O) groups excluding carboxylic acids is 1. The quantitative estimate of drug-likeness (QED) is 0.765. The number of hydrogen-bond donors (Lipinski definition) is 0. The van der Waals surface area contributed by atoms with Crippen molar-refractivity contribution in [2.45, 2.75) is 6.54 Å². The zero-order chi connectivity index (χ0) is 17.4. The lowest BCUT2D eigenvalue weighted by Gasteiger charge is -2.15. The summed E-state index contributed by atoms with van der Waals surface area (Å²) in [7, 11) is 1.62. The normalized spacial score (nSPS) is 10.4. The number of nitrogens with zero attached hydrogens (tertiary/aromatic N) is 2. The predicted octanol–water partition coefficient (Wildman–Crippen LogP) is 3.40. The van der Waals surface area contributed by atoms with Crippen LogP contribution < -0.4 is 4.74 Å². The van der Waals surface area contributed by atoms with Crippen LogP contribution in [0, 0.1) is 17.1 Å². The monoisotopic (exact) mass is 324 g/mol. The highest BCUT2D eigenvalue weighted by Crippen LogP contribution is 2.13. The number of nitriles is 1. The molecule has 2 aromatic carbocycles. The Labute approximate surface area is 140 Å². The molecule has 0 N–H and O–H groups in total. The summed E-state index contributed by atoms with van der Waals surface area (Å²) in [5.41, 5.74) is 1.30. The van der Waals surface area contributed by atoms with Gasteiger partial charge in [-0.3, -0.25) is 4.79 Å². The Bertz CT molecular complexity index is 764. The van der Waals surface area contributed by atoms with E-state index in [-0.39, 0.29) is 24.9 Å². The fourth-order valence-corrected chi connectivity index (χ4v) is 2.05. The molecule has 0 saturated heterocycles. The topological polar surface area (TPSA) is 53.3 Å². The number of likely N-dealkylation sites (N-methyl/N-ethyl adjacent to an activating group) is 1. The summed E-state index contributed by atoms with van der Waals surface area (Å²) in [5.74, 6) is 0.0499. The van der Waals surface area contributed by atoms with Crippen LogP contribution in [0.25, 0.3) is 6.08 Å². The van der Waals surface area contributed by atoms with E-state index in [0.717, 1.165) is 5.56 Å². The number of carbonyl (C=O) groups is 1. The van der Waals surface area contributed by atoms with Crippen molar-refractivity contribution in [3.8, 4) is 11.8 Å². The average molecular weight is 324 g/mol. The van der Waals surface area contributed by atoms with Crippen LogP contribution in [-0.4, -0.2) is 24.5 Å². The van der Waals surface area contributed by atoms with Gasteiger partial charge in [0.05, 0.1) is 0 Å². The van der Waals surface area contributed by atoms with Gasteiger partial charge in [0, 0.05) is 25.2 Å². The Hall–Kier alpha value is -3.13. The first-order valence-corrected chi connectivity index (χ1v) is 7.36. The summed E-state index contributed by atoms with van der Waals surface area (Å²) >= 11 is 0. The lowest BCUT2D eigenvalue weighted by atomic mass is 10.2. The van der Waals surface area contributed by atoms with Crippen molar-refractivity contribution in [1.29, 1.82) is 5.26 Å². The summed E-state index contributed by atoms with van der Waals surface area (Å²) in [6.07, 6.45) is 3.11. The molecule has 0 radical (unpaired) electrons. The summed E-state index contributed by atoms with van der Waals surface area (Å²) < 4.78 is 18.8. The summed E-state index contributed by atoms with van der Waals surface area (Å²) in [4.78, 5) is 13.5. The van der Waals surface area contributed by atoms with Gasteiger partial charge in [-0.1, -0.05) is 30.3 Å². The van der Waals surface area contributed by atoms with Gasteiger partial charge in [0.2, 0.25) is 5.91 Å². The van der Waals surface area contributed by atoms with Crippen LogP contribution in [-0.2, 0) is 11.3 Å². The van der Waals surface area contributed by atoms with Crippen molar-refractivity contribution in [3.63, 3.8) is 0 Å². The average Bonchev–Trinajstić information content (AvgIpc) is 2.60. The minimum atomic E-state index is -0.325. The maximum Gasteiger partial charge on any atom is 0.246 e. The van der Waals surface area contributed by atoms with Gasteiger partial charge < -0.3 is 9.64 Å². The lowest BCUT2D eigenvalue weighted by molar-refractivity contribution is -0.125. The zero-order valence-electron chi connectivity index (χ0n) is 13.3. The highest BCUT2D eigenvalue weighted by Gasteiger charge is 2.08. The van der Waals surface area contributed by atoms with Crippen LogP contribution >= 0.6 is 0 Å². The van der Waals surface area contributed by atoms with Crippen LogP contribution in [0.2, 0.25) is 0 Å². The molecule has 2 aromatic rings. The molecular formula is C19H17FN2O2. The van der Waals surface area contributed by atoms with Crippen molar-refractivity contribution < 1.29 is 13.9 Å². The fraction of sp³-hybridized carbons (Fsp3) is 0.158. The molecule has 0 atom stereocenters. The smallest absolute Gasteiger partial charge is 0.246 e. The number of benzene rings is 2. The SMILES string of the molecule is CN(Cc1ccccc1F)C(=O)/C=C/c1ccc(OCC#N)cc1. The van der Waals surface area contributed by atoms with Crippen molar-refractivity contribution in [2.24, 2.45) is 0 Å². The first kappa shape index (κ1) is 17.2. The fourth-order valence-electron chi connectivity index (χ4n) is 2.05. The van der Waals surface area contributed by atoms with Crippen LogP contribution in [0.5, 0.6) is 5.75 Å². The van der Waals surface area contributed by atoms with Crippen molar-refractivity contribution in [1.82, 2.24) is 4.90 Å². The third kappa shape index (κ3) is 4.96. The van der Waals surface area contributed by atoms with Gasteiger partial charge in [0.1, 0.15) is 17.6 Å². The van der Waals surface area contributed by atoms with Crippen molar-refractivity contribution in [3.05, 3.63) is 71.6 Å². The minimum absolute atomic E-state index is 0.00544. The van der Waals surface area contributed by atoms with Gasteiger partial charge >= 0.3 is 0 Å². The largest absolute Gasteiger partial charge is 0.479 e. The minimum Gasteiger partial charge on any atom is -0.479 e. The van der Waals surface area contributed by atoms with Crippen LogP contribution in [0.4, 0.5) is 4.39 Å². The second kappa shape index (κ2) is 8.49. The van der Waals surface area contributed by atoms with E-state index in [9.17, 15) is 9.18 Å².